The van der Waals surface area contributed by atoms with E-state index in [1.54, 1.807) is 12.1 Å². The topological polar surface area (TPSA) is 153 Å². The minimum Gasteiger partial charge on any atom is -0.467 e. The number of nitrogens with one attached hydrogen (secondary N) is 3. The fourth-order valence-corrected chi connectivity index (χ4v) is 4.03. The van der Waals surface area contributed by atoms with E-state index in [1.807, 2.05) is 12.1 Å². The van der Waals surface area contributed by atoms with Gasteiger partial charge in [0.25, 0.3) is 5.91 Å². The lowest BCUT2D eigenvalue weighted by atomic mass is 10.1. The number of ether oxygens (including phenoxy) is 2. The number of rotatable bonds is 12. The number of alkyl halides is 3. The number of methoxy groups -OCH3 is 1. The molecule has 1 aromatic heterocycles. The van der Waals surface area contributed by atoms with Crippen LogP contribution in [0.1, 0.15) is 35.2 Å². The van der Waals surface area contributed by atoms with E-state index < -0.39 is 42.3 Å². The number of halogens is 4. The second-order valence-corrected chi connectivity index (χ2v) is 9.65. The Bertz CT molecular complexity index is 1370. The Morgan fingerprint density at radius 3 is 2.29 bits per heavy atom. The molecule has 2 aromatic carbocycles. The van der Waals surface area contributed by atoms with E-state index in [1.165, 1.54) is 31.4 Å². The molecule has 1 aliphatic carbocycles. The molecule has 1 saturated carbocycles. The van der Waals surface area contributed by atoms with Crippen molar-refractivity contribution in [2.45, 2.75) is 37.0 Å². The van der Waals surface area contributed by atoms with E-state index in [4.69, 9.17) is 22.1 Å². The summed E-state index contributed by atoms with van der Waals surface area (Å²) in [6.07, 6.45) is -2.91. The molecule has 1 amide bonds. The molecule has 1 atom stereocenters. The molecule has 3 aromatic rings. The second-order valence-electron chi connectivity index (χ2n) is 9.21. The van der Waals surface area contributed by atoms with Gasteiger partial charge in [-0.25, -0.2) is 4.79 Å². The maximum absolute atomic E-state index is 12.8. The van der Waals surface area contributed by atoms with Crippen molar-refractivity contribution in [1.29, 1.82) is 0 Å². The van der Waals surface area contributed by atoms with E-state index in [0.29, 0.717) is 10.7 Å². The SMILES string of the molecule is COC(=O)C(CCN)NC(=O)c1ccc(Nc2nc(NC3(c4ccc(Cl)cc4)CC3)nc(OCC(F)(F)F)n2)cc1. The summed E-state index contributed by atoms with van der Waals surface area (Å²) in [4.78, 5) is 36.8. The largest absolute Gasteiger partial charge is 0.467 e. The van der Waals surface area contributed by atoms with Crippen LogP contribution in [0.4, 0.5) is 30.8 Å². The highest BCUT2D eigenvalue weighted by atomic mass is 35.5. The summed E-state index contributed by atoms with van der Waals surface area (Å²) < 4.78 is 47.9. The van der Waals surface area contributed by atoms with Gasteiger partial charge in [0.1, 0.15) is 6.04 Å². The van der Waals surface area contributed by atoms with Gasteiger partial charge < -0.3 is 31.2 Å². The smallest absolute Gasteiger partial charge is 0.422 e. The van der Waals surface area contributed by atoms with Gasteiger partial charge in [-0.15, -0.1) is 0 Å². The van der Waals surface area contributed by atoms with Crippen LogP contribution in [-0.4, -0.2) is 59.3 Å². The van der Waals surface area contributed by atoms with Crippen LogP contribution in [0.15, 0.2) is 48.5 Å². The van der Waals surface area contributed by atoms with Crippen LogP contribution < -0.4 is 26.4 Å². The summed E-state index contributed by atoms with van der Waals surface area (Å²) in [5.74, 6) is -1.21. The van der Waals surface area contributed by atoms with Crippen molar-refractivity contribution in [2.24, 2.45) is 5.73 Å². The number of carbonyl (C=O) groups is 2. The van der Waals surface area contributed by atoms with Crippen molar-refractivity contribution in [2.75, 3.05) is 30.9 Å². The highest BCUT2D eigenvalue weighted by molar-refractivity contribution is 6.30. The second kappa shape index (κ2) is 12.6. The molecular formula is C26H27ClF3N7O4. The molecule has 41 heavy (non-hydrogen) atoms. The van der Waals surface area contributed by atoms with Crippen LogP contribution in [-0.2, 0) is 15.1 Å². The van der Waals surface area contributed by atoms with Crippen molar-refractivity contribution in [3.05, 3.63) is 64.7 Å². The molecule has 4 rings (SSSR count). The molecule has 1 heterocycles. The summed E-state index contributed by atoms with van der Waals surface area (Å²) in [6, 6.07) is 11.8. The first kappa shape index (κ1) is 29.8. The maximum atomic E-state index is 12.8. The molecule has 0 saturated heterocycles. The molecule has 1 fully saturated rings. The quantitative estimate of drug-likeness (QED) is 0.227. The zero-order valence-electron chi connectivity index (χ0n) is 21.8. The summed E-state index contributed by atoms with van der Waals surface area (Å²) in [7, 11) is 1.21. The average molecular weight is 594 g/mol. The van der Waals surface area contributed by atoms with Gasteiger partial charge >= 0.3 is 18.2 Å². The van der Waals surface area contributed by atoms with Crippen LogP contribution in [0.5, 0.6) is 6.01 Å². The average Bonchev–Trinajstić information content (AvgIpc) is 3.71. The molecule has 1 unspecified atom stereocenters. The van der Waals surface area contributed by atoms with Gasteiger partial charge in [0, 0.05) is 16.3 Å². The number of esters is 1. The number of hydrogen-bond acceptors (Lipinski definition) is 10. The van der Waals surface area contributed by atoms with Gasteiger partial charge in [-0.1, -0.05) is 23.7 Å². The van der Waals surface area contributed by atoms with Gasteiger partial charge in [0.2, 0.25) is 11.9 Å². The van der Waals surface area contributed by atoms with Crippen LogP contribution in [0.25, 0.3) is 0 Å². The fourth-order valence-electron chi connectivity index (χ4n) is 3.91. The Labute approximate surface area is 238 Å². The molecule has 5 N–H and O–H groups in total. The number of hydrogen-bond donors (Lipinski definition) is 4. The highest BCUT2D eigenvalue weighted by Gasteiger charge is 2.45. The Balaban J connectivity index is 1.52. The third-order valence-corrected chi connectivity index (χ3v) is 6.38. The summed E-state index contributed by atoms with van der Waals surface area (Å²) >= 11 is 6.00. The zero-order valence-corrected chi connectivity index (χ0v) is 22.6. The lowest BCUT2D eigenvalue weighted by Gasteiger charge is -2.19. The predicted octanol–water partition coefficient (Wildman–Crippen LogP) is 3.93. The number of carbonyl (C=O) groups excluding carboxylic acids is 2. The molecule has 1 aliphatic rings. The summed E-state index contributed by atoms with van der Waals surface area (Å²) in [5.41, 5.74) is 6.58. The number of benzene rings is 2. The molecule has 11 nitrogen and oxygen atoms in total. The van der Waals surface area contributed by atoms with Crippen molar-refractivity contribution in [1.82, 2.24) is 20.3 Å². The van der Waals surface area contributed by atoms with E-state index in [0.717, 1.165) is 18.4 Å². The van der Waals surface area contributed by atoms with Crippen LogP contribution in [0.3, 0.4) is 0 Å². The van der Waals surface area contributed by atoms with Gasteiger partial charge in [-0.05, 0) is 67.8 Å². The molecule has 0 aliphatic heterocycles. The molecule has 0 bridgehead atoms. The number of anilines is 3. The third-order valence-electron chi connectivity index (χ3n) is 6.13. The van der Waals surface area contributed by atoms with E-state index >= 15 is 0 Å². The standard InChI is InChI=1S/C26H27ClF3N7O4/c1-40-21(39)19(10-13-31)33-20(38)15-2-8-18(9-3-15)32-22-34-23(36-24(35-22)41-14-26(28,29)30)37-25(11-12-25)16-4-6-17(27)7-5-16/h2-9,19H,10-14,31H2,1H3,(H,33,38)(H2,32,34,35,36,37). The van der Waals surface area contributed by atoms with Gasteiger partial charge in [0.15, 0.2) is 6.61 Å². The Morgan fingerprint density at radius 2 is 1.71 bits per heavy atom. The molecule has 218 valence electrons. The molecule has 0 spiro atoms. The normalized spacial score (nSPS) is 14.5. The molecule has 15 heteroatoms. The molecule has 0 radical (unpaired) electrons. The van der Waals surface area contributed by atoms with E-state index in [-0.39, 0.29) is 30.4 Å². The van der Waals surface area contributed by atoms with E-state index in [2.05, 4.69) is 35.6 Å². The van der Waals surface area contributed by atoms with Crippen molar-refractivity contribution >= 4 is 41.1 Å². The maximum Gasteiger partial charge on any atom is 0.422 e. The van der Waals surface area contributed by atoms with Gasteiger partial charge in [-0.3, -0.25) is 4.79 Å². The Kier molecular flexibility index (Phi) is 9.13. The van der Waals surface area contributed by atoms with Crippen LogP contribution in [0.2, 0.25) is 5.02 Å². The number of amides is 1. The van der Waals surface area contributed by atoms with Crippen LogP contribution in [0, 0.1) is 0 Å². The van der Waals surface area contributed by atoms with Gasteiger partial charge in [-0.2, -0.15) is 28.1 Å². The van der Waals surface area contributed by atoms with Crippen molar-refractivity contribution in [3.63, 3.8) is 0 Å². The Hall–Kier alpha value is -4.17. The molecular weight excluding hydrogens is 567 g/mol. The van der Waals surface area contributed by atoms with Crippen molar-refractivity contribution < 1.29 is 32.2 Å². The first-order valence-electron chi connectivity index (χ1n) is 12.5. The monoisotopic (exact) mass is 593 g/mol. The van der Waals surface area contributed by atoms with Crippen LogP contribution >= 0.6 is 11.6 Å². The first-order valence-corrected chi connectivity index (χ1v) is 12.8. The van der Waals surface area contributed by atoms with E-state index in [9.17, 15) is 22.8 Å². The zero-order chi connectivity index (χ0) is 29.6. The minimum atomic E-state index is -4.59. The summed E-state index contributed by atoms with van der Waals surface area (Å²) in [6.45, 7) is -1.42. The number of aromatic nitrogens is 3. The summed E-state index contributed by atoms with van der Waals surface area (Å²) in [5, 5.41) is 9.21. The minimum absolute atomic E-state index is 0.0110. The third kappa shape index (κ3) is 8.17. The van der Waals surface area contributed by atoms with Gasteiger partial charge in [0.05, 0.1) is 12.6 Å². The predicted molar refractivity (Wildman–Crippen MR) is 144 cm³/mol. The lowest BCUT2D eigenvalue weighted by Crippen LogP contribution is -2.42. The van der Waals surface area contributed by atoms with Crippen molar-refractivity contribution in [3.8, 4) is 6.01 Å². The highest BCUT2D eigenvalue weighted by Crippen LogP contribution is 2.48. The lowest BCUT2D eigenvalue weighted by molar-refractivity contribution is -0.154. The first-order chi connectivity index (χ1) is 19.5. The number of nitrogens with zero attached hydrogens (tertiary/aromatic N) is 3. The fraction of sp³-hybridized carbons (Fsp3) is 0.346. The Morgan fingerprint density at radius 1 is 1.05 bits per heavy atom. The number of nitrogens with two attached hydrogens (primary N) is 1.